The Morgan fingerprint density at radius 3 is 2.76 bits per heavy atom. The van der Waals surface area contributed by atoms with Crippen molar-refractivity contribution >= 4 is 0 Å². The molecule has 1 fully saturated rings. The molecule has 3 atom stereocenters. The van der Waals surface area contributed by atoms with E-state index in [0.717, 1.165) is 31.0 Å². The summed E-state index contributed by atoms with van der Waals surface area (Å²) in [5.41, 5.74) is 0.803. The Morgan fingerprint density at radius 2 is 2.10 bits per heavy atom. The van der Waals surface area contributed by atoms with Gasteiger partial charge in [-0.1, -0.05) is 32.0 Å². The van der Waals surface area contributed by atoms with Crippen molar-refractivity contribution in [3.63, 3.8) is 0 Å². The largest absolute Gasteiger partial charge is 0.310 e. The molecule has 1 aliphatic heterocycles. The van der Waals surface area contributed by atoms with Crippen LogP contribution in [0.4, 0.5) is 4.39 Å². The van der Waals surface area contributed by atoms with E-state index in [0.29, 0.717) is 6.04 Å². The molecule has 21 heavy (non-hydrogen) atoms. The summed E-state index contributed by atoms with van der Waals surface area (Å²) in [5, 5.41) is 3.44. The highest BCUT2D eigenvalue weighted by Crippen LogP contribution is 2.25. The molecule has 0 amide bonds. The molecule has 1 heterocycles. The summed E-state index contributed by atoms with van der Waals surface area (Å²) in [7, 11) is 0. The number of nitrogens with one attached hydrogen (secondary N) is 1. The highest BCUT2D eigenvalue weighted by atomic mass is 19.1. The SMILES string of the molecule is CCNC(CCN1CCC(C)CC1C)c1ccccc1F. The Bertz CT molecular complexity index is 435. The van der Waals surface area contributed by atoms with Gasteiger partial charge in [0.25, 0.3) is 0 Å². The van der Waals surface area contributed by atoms with Crippen LogP contribution in [0.1, 0.15) is 51.6 Å². The average Bonchev–Trinajstić information content (AvgIpc) is 2.46. The average molecular weight is 292 g/mol. The topological polar surface area (TPSA) is 15.3 Å². The van der Waals surface area contributed by atoms with E-state index in [-0.39, 0.29) is 11.9 Å². The number of hydrogen-bond donors (Lipinski definition) is 1. The minimum absolute atomic E-state index is 0.0937. The lowest BCUT2D eigenvalue weighted by Crippen LogP contribution is -2.41. The third kappa shape index (κ3) is 4.52. The molecular weight excluding hydrogens is 263 g/mol. The first kappa shape index (κ1) is 16.4. The first-order valence-electron chi connectivity index (χ1n) is 8.33. The molecule has 2 rings (SSSR count). The molecule has 0 radical (unpaired) electrons. The Labute approximate surface area is 128 Å². The monoisotopic (exact) mass is 292 g/mol. The molecule has 3 unspecified atom stereocenters. The molecule has 1 aliphatic rings. The van der Waals surface area contributed by atoms with E-state index in [1.807, 2.05) is 12.1 Å². The second-order valence-electron chi connectivity index (χ2n) is 6.43. The summed E-state index contributed by atoms with van der Waals surface area (Å²) in [5.74, 6) is 0.746. The molecule has 0 saturated carbocycles. The predicted octanol–water partition coefficient (Wildman–Crippen LogP) is 3.99. The Kier molecular flexibility index (Phi) is 6.19. The van der Waals surface area contributed by atoms with E-state index < -0.39 is 0 Å². The molecule has 1 aromatic carbocycles. The van der Waals surface area contributed by atoms with Gasteiger partial charge < -0.3 is 10.2 Å². The van der Waals surface area contributed by atoms with Gasteiger partial charge in [0.1, 0.15) is 5.82 Å². The summed E-state index contributed by atoms with van der Waals surface area (Å²) in [6.07, 6.45) is 3.54. The molecular formula is C18H29FN2. The zero-order chi connectivity index (χ0) is 15.2. The van der Waals surface area contributed by atoms with E-state index in [2.05, 4.69) is 31.0 Å². The van der Waals surface area contributed by atoms with Crippen LogP contribution < -0.4 is 5.32 Å². The van der Waals surface area contributed by atoms with Crippen LogP contribution in [-0.2, 0) is 0 Å². The van der Waals surface area contributed by atoms with Crippen LogP contribution in [0.2, 0.25) is 0 Å². The maximum Gasteiger partial charge on any atom is 0.127 e. The van der Waals surface area contributed by atoms with Crippen molar-refractivity contribution in [2.75, 3.05) is 19.6 Å². The van der Waals surface area contributed by atoms with Gasteiger partial charge in [-0.2, -0.15) is 0 Å². The number of halogens is 1. The normalized spacial score (nSPS) is 25.0. The Balaban J connectivity index is 1.96. The van der Waals surface area contributed by atoms with Gasteiger partial charge in [0.05, 0.1) is 0 Å². The highest BCUT2D eigenvalue weighted by Gasteiger charge is 2.24. The number of likely N-dealkylation sites (tertiary alicyclic amines) is 1. The van der Waals surface area contributed by atoms with Crippen molar-refractivity contribution < 1.29 is 4.39 Å². The third-order valence-corrected chi connectivity index (χ3v) is 4.71. The summed E-state index contributed by atoms with van der Waals surface area (Å²) in [6, 6.07) is 7.92. The van der Waals surface area contributed by atoms with Gasteiger partial charge in [-0.15, -0.1) is 0 Å². The lowest BCUT2D eigenvalue weighted by Gasteiger charge is -2.37. The number of benzene rings is 1. The summed E-state index contributed by atoms with van der Waals surface area (Å²) < 4.78 is 14.0. The van der Waals surface area contributed by atoms with Crippen molar-refractivity contribution in [2.24, 2.45) is 5.92 Å². The smallest absolute Gasteiger partial charge is 0.127 e. The molecule has 1 aromatic rings. The zero-order valence-corrected chi connectivity index (χ0v) is 13.6. The minimum atomic E-state index is -0.0937. The molecule has 0 aliphatic carbocycles. The highest BCUT2D eigenvalue weighted by molar-refractivity contribution is 5.21. The van der Waals surface area contributed by atoms with Crippen LogP contribution >= 0.6 is 0 Å². The Hall–Kier alpha value is -0.930. The third-order valence-electron chi connectivity index (χ3n) is 4.71. The molecule has 1 saturated heterocycles. The molecule has 3 heteroatoms. The van der Waals surface area contributed by atoms with Gasteiger partial charge in [-0.05, 0) is 51.3 Å². The van der Waals surface area contributed by atoms with Gasteiger partial charge in [0.2, 0.25) is 0 Å². The molecule has 2 nitrogen and oxygen atoms in total. The fourth-order valence-electron chi connectivity index (χ4n) is 3.45. The van der Waals surface area contributed by atoms with Gasteiger partial charge in [-0.3, -0.25) is 0 Å². The summed E-state index contributed by atoms with van der Waals surface area (Å²) >= 11 is 0. The quantitative estimate of drug-likeness (QED) is 0.853. The molecule has 118 valence electrons. The van der Waals surface area contributed by atoms with Gasteiger partial charge >= 0.3 is 0 Å². The van der Waals surface area contributed by atoms with Crippen LogP contribution in [0.15, 0.2) is 24.3 Å². The number of nitrogens with zero attached hydrogens (tertiary/aromatic N) is 1. The van der Waals surface area contributed by atoms with Gasteiger partial charge in [0, 0.05) is 24.2 Å². The molecule has 0 spiro atoms. The standard InChI is InChI=1S/C18H29FN2/c1-4-20-18(16-7-5-6-8-17(16)19)10-12-21-11-9-14(2)13-15(21)3/h5-8,14-15,18,20H,4,9-13H2,1-3H3. The van der Waals surface area contributed by atoms with Crippen LogP contribution in [0.5, 0.6) is 0 Å². The lowest BCUT2D eigenvalue weighted by molar-refractivity contribution is 0.124. The van der Waals surface area contributed by atoms with Gasteiger partial charge in [0.15, 0.2) is 0 Å². The zero-order valence-electron chi connectivity index (χ0n) is 13.6. The Morgan fingerprint density at radius 1 is 1.33 bits per heavy atom. The number of hydrogen-bond acceptors (Lipinski definition) is 2. The maximum absolute atomic E-state index is 14.0. The molecule has 0 bridgehead atoms. The van der Waals surface area contributed by atoms with Crippen LogP contribution in [-0.4, -0.2) is 30.6 Å². The van der Waals surface area contributed by atoms with Gasteiger partial charge in [-0.25, -0.2) is 4.39 Å². The van der Waals surface area contributed by atoms with E-state index >= 15 is 0 Å². The molecule has 0 aromatic heterocycles. The maximum atomic E-state index is 14.0. The first-order valence-corrected chi connectivity index (χ1v) is 8.33. The fraction of sp³-hybridized carbons (Fsp3) is 0.667. The van der Waals surface area contributed by atoms with Crippen LogP contribution in [0, 0.1) is 11.7 Å². The minimum Gasteiger partial charge on any atom is -0.310 e. The van der Waals surface area contributed by atoms with Crippen molar-refractivity contribution in [2.45, 2.75) is 52.1 Å². The van der Waals surface area contributed by atoms with E-state index in [1.165, 1.54) is 19.4 Å². The van der Waals surface area contributed by atoms with Crippen molar-refractivity contribution in [3.05, 3.63) is 35.6 Å². The van der Waals surface area contributed by atoms with E-state index in [4.69, 9.17) is 0 Å². The van der Waals surface area contributed by atoms with Crippen LogP contribution in [0.3, 0.4) is 0 Å². The van der Waals surface area contributed by atoms with Crippen molar-refractivity contribution in [1.82, 2.24) is 10.2 Å². The van der Waals surface area contributed by atoms with E-state index in [9.17, 15) is 4.39 Å². The van der Waals surface area contributed by atoms with Crippen LogP contribution in [0.25, 0.3) is 0 Å². The van der Waals surface area contributed by atoms with E-state index in [1.54, 1.807) is 12.1 Å². The molecule has 1 N–H and O–H groups in total. The fourth-order valence-corrected chi connectivity index (χ4v) is 3.45. The summed E-state index contributed by atoms with van der Waals surface area (Å²) in [4.78, 5) is 2.56. The predicted molar refractivity (Wildman–Crippen MR) is 86.9 cm³/mol. The first-order chi connectivity index (χ1) is 10.1. The second kappa shape index (κ2) is 7.90. The van der Waals surface area contributed by atoms with Crippen molar-refractivity contribution in [3.8, 4) is 0 Å². The number of rotatable bonds is 6. The number of piperidine rings is 1. The summed E-state index contributed by atoms with van der Waals surface area (Å²) in [6.45, 7) is 9.83. The van der Waals surface area contributed by atoms with Crippen molar-refractivity contribution in [1.29, 1.82) is 0 Å². The lowest BCUT2D eigenvalue weighted by atomic mass is 9.92. The second-order valence-corrected chi connectivity index (χ2v) is 6.43.